The van der Waals surface area contributed by atoms with Gasteiger partial charge in [-0.1, -0.05) is 79.4 Å². The summed E-state index contributed by atoms with van der Waals surface area (Å²) in [5.74, 6) is -12.1. The fourth-order valence-corrected chi connectivity index (χ4v) is 18.3. The lowest BCUT2D eigenvalue weighted by atomic mass is 9.58. The van der Waals surface area contributed by atoms with Crippen molar-refractivity contribution in [1.29, 1.82) is 0 Å². The van der Waals surface area contributed by atoms with Crippen molar-refractivity contribution in [2.75, 3.05) is 96.3 Å². The highest BCUT2D eigenvalue weighted by Crippen LogP contribution is 2.50. The molecule has 0 aromatic carbocycles. The fourth-order valence-electron chi connectivity index (χ4n) is 18.3. The van der Waals surface area contributed by atoms with Crippen molar-refractivity contribution in [2.45, 2.75) is 275 Å². The highest BCUT2D eigenvalue weighted by molar-refractivity contribution is 6.01. The maximum absolute atomic E-state index is 16.1. The van der Waals surface area contributed by atoms with Crippen LogP contribution in [0.3, 0.4) is 0 Å². The molecule has 14 atom stereocenters. The minimum Gasteiger partial charge on any atom is -0.381 e. The molecule has 4 aliphatic carbocycles. The summed E-state index contributed by atoms with van der Waals surface area (Å²) in [7, 11) is 12.8. The Hall–Kier alpha value is -6.98. The monoisotopic (exact) mass is 1530 g/mol. The summed E-state index contributed by atoms with van der Waals surface area (Å²) in [6.07, 6.45) is 0.584. The fraction of sp³-hybridized carbons (Fsp3) is 0.821. The van der Waals surface area contributed by atoms with E-state index in [4.69, 9.17) is 9.47 Å². The standard InChI is InChI=1S/C78H126F4N12O14/c1-17-26-56-67(98)84-65(47(5)18-2)73(104)88(11)44-64(97)90(13)57-29-22-21-25-36-93(72(57)103)60(38-48-30-33-51(34-31-48)78(80,81)82)71(102)87(10)43-62(95)83-55(35-32-49-37-54(79)53(19-3)61(39-49)107-16)69(100)94-42-52(108-20-4)40-58(94)68(99)85-77(45-76(6,7)46-77)75(106)92(15)66(50-27-23-24-28-50)74(105)91(14)59(70(101)86(8)9)41-63(96)89(56)12/h21-22,47-61,65-66H,17-20,23-46H2,1-16H3,(H,83,95)(H,84,98)(H,85,99)/b22-21-/t47-,48?,49?,51?,52+,53?,54?,55-,56-,57-,58-,59-,60-,61?,65-,66-/m0/s1. The van der Waals surface area contributed by atoms with Crippen molar-refractivity contribution in [1.82, 2.24) is 60.0 Å². The predicted octanol–water partition coefficient (Wildman–Crippen LogP) is 6.27. The first-order chi connectivity index (χ1) is 50.8. The first-order valence-corrected chi connectivity index (χ1v) is 39.6. The Morgan fingerprint density at radius 2 is 1.33 bits per heavy atom. The van der Waals surface area contributed by atoms with Crippen LogP contribution in [-0.2, 0) is 67.0 Å². The normalized spacial score (nSPS) is 32.3. The van der Waals surface area contributed by atoms with E-state index in [0.29, 0.717) is 38.5 Å². The van der Waals surface area contributed by atoms with Gasteiger partial charge in [-0.05, 0) is 145 Å². The van der Waals surface area contributed by atoms with Crippen LogP contribution in [0.25, 0.3) is 0 Å². The van der Waals surface area contributed by atoms with Crippen LogP contribution in [0.1, 0.15) is 196 Å². The third kappa shape index (κ3) is 21.2. The number of likely N-dealkylation sites (N-methyl/N-ethyl adjacent to an activating group) is 7. The molecule has 3 heterocycles. The van der Waals surface area contributed by atoms with Crippen LogP contribution in [0.2, 0.25) is 0 Å². The molecule has 0 radical (unpaired) electrons. The lowest BCUT2D eigenvalue weighted by molar-refractivity contribution is -0.184. The Bertz CT molecular complexity index is 3210. The van der Waals surface area contributed by atoms with E-state index in [2.05, 4.69) is 16.0 Å². The zero-order valence-electron chi connectivity index (χ0n) is 67.0. The molecule has 2 bridgehead atoms. The molecule has 0 aromatic rings. The summed E-state index contributed by atoms with van der Waals surface area (Å²) in [5, 5.41) is 8.85. The van der Waals surface area contributed by atoms with Crippen molar-refractivity contribution in [3.05, 3.63) is 12.2 Å². The number of methoxy groups -OCH3 is 1. The third-order valence-corrected chi connectivity index (χ3v) is 24.7. The van der Waals surface area contributed by atoms with Crippen molar-refractivity contribution < 1.29 is 84.6 Å². The second-order valence-electron chi connectivity index (χ2n) is 33.2. The van der Waals surface area contributed by atoms with E-state index in [-0.39, 0.29) is 121 Å². The van der Waals surface area contributed by atoms with E-state index in [1.807, 2.05) is 27.7 Å². The van der Waals surface area contributed by atoms with Gasteiger partial charge in [-0.3, -0.25) is 57.5 Å². The lowest BCUT2D eigenvalue weighted by Crippen LogP contribution is -2.71. The van der Waals surface area contributed by atoms with E-state index in [1.165, 1.54) is 97.8 Å². The van der Waals surface area contributed by atoms with Gasteiger partial charge in [0.1, 0.15) is 60.0 Å². The maximum atomic E-state index is 16.1. The van der Waals surface area contributed by atoms with Crippen molar-refractivity contribution in [3.8, 4) is 0 Å². The van der Waals surface area contributed by atoms with Crippen molar-refractivity contribution in [2.24, 2.45) is 40.9 Å². The molecule has 26 nitrogen and oxygen atoms in total. The molecule has 108 heavy (non-hydrogen) atoms. The molecule has 12 amide bonds. The number of carbonyl (C=O) groups is 12. The SMILES string of the molecule is CCC[C@H]1C(=O)N[C@@H]([C@@H](C)CC)C(=O)N(C)CC(=O)N(C)[C@H]2C/C=C\CCN(C2=O)[C@@H](CC2CCC(C(F)(F)F)CC2)C(=O)N(C)CC(=O)N[C@@H](CCC2CC(F)C(CC)C(OC)C2)C(=O)N2C[C@H](OCC)C[C@H]2C(=O)NC2(CC(C)(C)C2)C(=O)N(C)[C@@H](C2CCCC2)C(=O)N(C)[C@H](C(=O)N(C)C)CC(=O)N1C. The average Bonchev–Trinajstić information content (AvgIpc) is 0.796. The van der Waals surface area contributed by atoms with E-state index in [1.54, 1.807) is 32.9 Å². The number of amides is 12. The average molecular weight is 1530 g/mol. The zero-order chi connectivity index (χ0) is 80.2. The predicted molar refractivity (Wildman–Crippen MR) is 396 cm³/mol. The van der Waals surface area contributed by atoms with E-state index >= 15 is 33.2 Å². The van der Waals surface area contributed by atoms with Crippen molar-refractivity contribution in [3.63, 3.8) is 0 Å². The summed E-state index contributed by atoms with van der Waals surface area (Å²) in [5.41, 5.74) is -2.18. The number of rotatable bonds is 15. The van der Waals surface area contributed by atoms with Gasteiger partial charge in [0, 0.05) is 95.5 Å². The van der Waals surface area contributed by atoms with Gasteiger partial charge in [0.2, 0.25) is 70.9 Å². The van der Waals surface area contributed by atoms with Crippen LogP contribution in [0.4, 0.5) is 17.6 Å². The van der Waals surface area contributed by atoms with Crippen LogP contribution in [0.15, 0.2) is 12.2 Å². The van der Waals surface area contributed by atoms with Gasteiger partial charge < -0.3 is 69.5 Å². The molecule has 4 saturated carbocycles. The number of alkyl halides is 4. The van der Waals surface area contributed by atoms with E-state index in [0.717, 1.165) is 22.6 Å². The summed E-state index contributed by atoms with van der Waals surface area (Å²) in [6.45, 7) is 11.5. The Morgan fingerprint density at radius 1 is 0.685 bits per heavy atom. The number of carbonyl (C=O) groups excluding carboxylic acids is 12. The van der Waals surface area contributed by atoms with Crippen LogP contribution < -0.4 is 16.0 Å². The van der Waals surface area contributed by atoms with E-state index < -0.39 is 198 Å². The van der Waals surface area contributed by atoms with Crippen molar-refractivity contribution >= 4 is 70.9 Å². The Kier molecular flexibility index (Phi) is 31.3. The molecule has 7 rings (SSSR count). The minimum atomic E-state index is -4.45. The number of halogens is 4. The number of nitrogens with one attached hydrogen (secondary N) is 3. The number of ether oxygens (including phenoxy) is 2. The maximum Gasteiger partial charge on any atom is 0.391 e. The lowest BCUT2D eigenvalue weighted by Gasteiger charge is -2.54. The summed E-state index contributed by atoms with van der Waals surface area (Å²) >= 11 is 0. The van der Waals surface area contributed by atoms with Crippen LogP contribution >= 0.6 is 0 Å². The quantitative estimate of drug-likeness (QED) is 0.120. The highest BCUT2D eigenvalue weighted by Gasteiger charge is 2.59. The molecule has 3 aliphatic heterocycles. The van der Waals surface area contributed by atoms with Gasteiger partial charge in [-0.25, -0.2) is 4.39 Å². The second-order valence-corrected chi connectivity index (χ2v) is 33.2. The highest BCUT2D eigenvalue weighted by atomic mass is 19.4. The van der Waals surface area contributed by atoms with Gasteiger partial charge in [0.05, 0.1) is 37.6 Å². The van der Waals surface area contributed by atoms with Gasteiger partial charge in [0.25, 0.3) is 0 Å². The summed E-state index contributed by atoms with van der Waals surface area (Å²) in [6, 6.07) is -10.5. The Balaban J connectivity index is 1.34. The topological polar surface area (TPSA) is 289 Å². The number of fused-ring (bicyclic) bond motifs is 3. The molecular formula is C78H126F4N12O14. The molecular weight excluding hydrogens is 1400 g/mol. The molecule has 1 spiro atoms. The summed E-state index contributed by atoms with van der Waals surface area (Å²) in [4.78, 5) is 193. The molecule has 0 aromatic heterocycles. The molecule has 2 saturated heterocycles. The minimum absolute atomic E-state index is 0.0374. The van der Waals surface area contributed by atoms with Gasteiger partial charge in [0.15, 0.2) is 0 Å². The molecule has 6 fully saturated rings. The van der Waals surface area contributed by atoms with Crippen LogP contribution in [0.5, 0.6) is 0 Å². The third-order valence-electron chi connectivity index (χ3n) is 24.7. The van der Waals surface area contributed by atoms with Crippen LogP contribution in [-0.4, -0.2) is 290 Å². The van der Waals surface area contributed by atoms with Gasteiger partial charge >= 0.3 is 6.18 Å². The smallest absolute Gasteiger partial charge is 0.381 e. The summed E-state index contributed by atoms with van der Waals surface area (Å²) < 4.78 is 70.5. The molecule has 610 valence electrons. The molecule has 7 aliphatic rings. The van der Waals surface area contributed by atoms with Crippen LogP contribution in [0, 0.1) is 40.9 Å². The number of hydrogen-bond donors (Lipinski definition) is 3. The van der Waals surface area contributed by atoms with Gasteiger partial charge in [-0.2, -0.15) is 13.2 Å². The molecule has 3 N–H and O–H groups in total. The Morgan fingerprint density at radius 3 is 1.92 bits per heavy atom. The molecule has 30 heteroatoms. The number of hydrogen-bond acceptors (Lipinski definition) is 14. The van der Waals surface area contributed by atoms with Gasteiger partial charge in [-0.15, -0.1) is 0 Å². The first-order valence-electron chi connectivity index (χ1n) is 39.6. The number of nitrogens with zero attached hydrogens (tertiary/aromatic N) is 9. The zero-order valence-corrected chi connectivity index (χ0v) is 67.0. The largest absolute Gasteiger partial charge is 0.391 e. The van der Waals surface area contributed by atoms with E-state index in [9.17, 15) is 41.9 Å². The molecule has 4 unspecified atom stereocenters. The first kappa shape index (κ1) is 88.2. The second kappa shape index (κ2) is 38.3. The Labute approximate surface area is 636 Å².